The molecule has 3 N–H and O–H groups in total. The number of nitrogens with zero attached hydrogens (tertiary/aromatic N) is 1. The quantitative estimate of drug-likeness (QED) is 0.416. The van der Waals surface area contributed by atoms with Crippen molar-refractivity contribution in [2.75, 3.05) is 7.05 Å². The number of hydrogen-bond acceptors (Lipinski definition) is 3. The van der Waals surface area contributed by atoms with Crippen LogP contribution in [0.15, 0.2) is 4.99 Å². The fraction of sp³-hybridized carbons (Fsp3) is 0.667. The van der Waals surface area contributed by atoms with Gasteiger partial charge < -0.3 is 10.5 Å². The van der Waals surface area contributed by atoms with E-state index in [0.717, 1.165) is 0 Å². The first-order valence-electron chi connectivity index (χ1n) is 3.06. The summed E-state index contributed by atoms with van der Waals surface area (Å²) in [6.07, 6.45) is 0. The zero-order chi connectivity index (χ0) is 8.15. The van der Waals surface area contributed by atoms with E-state index in [-0.39, 0.29) is 11.9 Å². The Morgan fingerprint density at radius 2 is 2.10 bits per heavy atom. The summed E-state index contributed by atoms with van der Waals surface area (Å²) in [6.45, 7) is 3.84. The van der Waals surface area contributed by atoms with Crippen LogP contribution in [0.25, 0.3) is 0 Å². The molecule has 0 aliphatic heterocycles. The average Bonchev–Trinajstić information content (AvgIpc) is 1.81. The predicted octanol–water partition coefficient (Wildman–Crippen LogP) is 0.581. The topological polar surface area (TPSA) is 71.5 Å². The normalized spacial score (nSPS) is 11.8. The van der Waals surface area contributed by atoms with Gasteiger partial charge in [-0.05, 0) is 0 Å². The van der Waals surface area contributed by atoms with Gasteiger partial charge in [-0.15, -0.1) is 0 Å². The Hall–Kier alpha value is -1.06. The van der Waals surface area contributed by atoms with E-state index in [1.165, 1.54) is 0 Å². The summed E-state index contributed by atoms with van der Waals surface area (Å²) in [6, 6.07) is -0.311. The molecule has 0 amide bonds. The highest BCUT2D eigenvalue weighted by atomic mass is 16.5. The summed E-state index contributed by atoms with van der Waals surface area (Å²) in [5, 5.41) is 6.80. The van der Waals surface area contributed by atoms with Crippen LogP contribution < -0.4 is 5.73 Å². The maximum absolute atomic E-state index is 6.80. The number of hydrogen-bond donors (Lipinski definition) is 2. The summed E-state index contributed by atoms with van der Waals surface area (Å²) < 4.78 is 4.77. The summed E-state index contributed by atoms with van der Waals surface area (Å²) in [5.74, 6) is 0.668. The highest BCUT2D eigenvalue weighted by Crippen LogP contribution is 1.97. The summed E-state index contributed by atoms with van der Waals surface area (Å²) in [5.41, 5.74) is 4.99. The molecule has 0 aliphatic rings. The van der Waals surface area contributed by atoms with Crippen molar-refractivity contribution in [2.45, 2.75) is 13.8 Å². The van der Waals surface area contributed by atoms with E-state index in [1.54, 1.807) is 7.05 Å². The number of aliphatic imine (C=N–C) groups is 1. The molecule has 4 heteroatoms. The third-order valence-electron chi connectivity index (χ3n) is 0.929. The Labute approximate surface area is 60.6 Å². The molecule has 0 aliphatic carbocycles. The van der Waals surface area contributed by atoms with E-state index >= 15 is 0 Å². The minimum atomic E-state index is -0.311. The first kappa shape index (κ1) is 8.94. The molecule has 0 aromatic rings. The number of amidine groups is 1. The van der Waals surface area contributed by atoms with E-state index in [9.17, 15) is 0 Å². The van der Waals surface area contributed by atoms with Crippen LogP contribution in [0.4, 0.5) is 0 Å². The van der Waals surface area contributed by atoms with Crippen molar-refractivity contribution in [3.8, 4) is 0 Å². The molecule has 0 rings (SSSR count). The summed E-state index contributed by atoms with van der Waals surface area (Å²) in [4.78, 5) is 3.80. The van der Waals surface area contributed by atoms with Crippen molar-refractivity contribution in [3.63, 3.8) is 0 Å². The molecular weight excluding hydrogens is 130 g/mol. The van der Waals surface area contributed by atoms with Crippen LogP contribution in [0.2, 0.25) is 0 Å². The third kappa shape index (κ3) is 3.06. The SMILES string of the molecule is C/N=C(\OC(=N)N)C(C)C. The van der Waals surface area contributed by atoms with Crippen molar-refractivity contribution in [1.82, 2.24) is 0 Å². The molecule has 0 heterocycles. The number of nitrogens with one attached hydrogen (secondary N) is 1. The second kappa shape index (κ2) is 3.87. The highest BCUT2D eigenvalue weighted by Gasteiger charge is 2.05. The lowest BCUT2D eigenvalue weighted by atomic mass is 10.2. The Bertz CT molecular complexity index is 151. The van der Waals surface area contributed by atoms with E-state index < -0.39 is 0 Å². The fourth-order valence-electron chi connectivity index (χ4n) is 0.534. The molecule has 0 saturated carbocycles. The van der Waals surface area contributed by atoms with Crippen LogP contribution in [0.1, 0.15) is 13.8 Å². The van der Waals surface area contributed by atoms with Gasteiger partial charge in [-0.3, -0.25) is 10.4 Å². The number of ether oxygens (including phenoxy) is 1. The van der Waals surface area contributed by atoms with Crippen LogP contribution in [0, 0.1) is 11.3 Å². The molecule has 0 radical (unpaired) electrons. The number of nitrogens with two attached hydrogens (primary N) is 1. The molecule has 0 fully saturated rings. The second-order valence-electron chi connectivity index (χ2n) is 2.18. The van der Waals surface area contributed by atoms with Gasteiger partial charge in [-0.1, -0.05) is 13.8 Å². The van der Waals surface area contributed by atoms with Gasteiger partial charge in [0.25, 0.3) is 6.02 Å². The Morgan fingerprint density at radius 1 is 1.60 bits per heavy atom. The third-order valence-corrected chi connectivity index (χ3v) is 0.929. The van der Waals surface area contributed by atoms with Gasteiger partial charge in [0.2, 0.25) is 0 Å². The molecule has 0 aromatic heterocycles. The maximum Gasteiger partial charge on any atom is 0.285 e. The van der Waals surface area contributed by atoms with Crippen LogP contribution in [-0.2, 0) is 4.74 Å². The van der Waals surface area contributed by atoms with Gasteiger partial charge in [-0.2, -0.15) is 0 Å². The summed E-state index contributed by atoms with van der Waals surface area (Å²) >= 11 is 0. The standard InChI is InChI=1S/C6H13N3O/c1-4(2)5(9-3)10-6(7)8/h4H,1-3H3,(H3,7,8)/b9-5-. The number of rotatable bonds is 1. The van der Waals surface area contributed by atoms with Crippen molar-refractivity contribution in [3.05, 3.63) is 0 Å². The molecule has 0 aromatic carbocycles. The van der Waals surface area contributed by atoms with Crippen molar-refractivity contribution in [1.29, 1.82) is 5.41 Å². The van der Waals surface area contributed by atoms with Crippen molar-refractivity contribution in [2.24, 2.45) is 16.6 Å². The fourth-order valence-corrected chi connectivity index (χ4v) is 0.534. The van der Waals surface area contributed by atoms with Crippen LogP contribution in [-0.4, -0.2) is 19.0 Å². The molecule has 0 atom stereocenters. The van der Waals surface area contributed by atoms with E-state index in [2.05, 4.69) is 4.99 Å². The molecular formula is C6H13N3O. The minimum Gasteiger partial charge on any atom is -0.412 e. The monoisotopic (exact) mass is 143 g/mol. The molecule has 0 unspecified atom stereocenters. The molecule has 10 heavy (non-hydrogen) atoms. The van der Waals surface area contributed by atoms with Gasteiger partial charge >= 0.3 is 0 Å². The van der Waals surface area contributed by atoms with E-state index in [4.69, 9.17) is 15.9 Å². The first-order chi connectivity index (χ1) is 4.57. The smallest absolute Gasteiger partial charge is 0.285 e. The maximum atomic E-state index is 6.80. The van der Waals surface area contributed by atoms with Gasteiger partial charge in [0.1, 0.15) is 0 Å². The molecule has 0 bridgehead atoms. The van der Waals surface area contributed by atoms with Crippen LogP contribution in [0.3, 0.4) is 0 Å². The van der Waals surface area contributed by atoms with E-state index in [1.807, 2.05) is 13.8 Å². The van der Waals surface area contributed by atoms with Gasteiger partial charge in [0, 0.05) is 13.0 Å². The minimum absolute atomic E-state index is 0.175. The van der Waals surface area contributed by atoms with Crippen LogP contribution in [0.5, 0.6) is 0 Å². The average molecular weight is 143 g/mol. The predicted molar refractivity (Wildman–Crippen MR) is 41.2 cm³/mol. The zero-order valence-corrected chi connectivity index (χ0v) is 6.51. The Kier molecular flexibility index (Phi) is 3.46. The molecule has 0 spiro atoms. The lowest BCUT2D eigenvalue weighted by molar-refractivity contribution is 0.487. The van der Waals surface area contributed by atoms with E-state index in [0.29, 0.717) is 5.90 Å². The lowest BCUT2D eigenvalue weighted by Crippen LogP contribution is -2.22. The van der Waals surface area contributed by atoms with Crippen molar-refractivity contribution >= 4 is 11.9 Å². The molecule has 58 valence electrons. The summed E-state index contributed by atoms with van der Waals surface area (Å²) in [7, 11) is 1.61. The molecule has 0 saturated heterocycles. The second-order valence-corrected chi connectivity index (χ2v) is 2.18. The van der Waals surface area contributed by atoms with Gasteiger partial charge in [0.05, 0.1) is 0 Å². The molecule has 4 nitrogen and oxygen atoms in total. The first-order valence-corrected chi connectivity index (χ1v) is 3.06. The lowest BCUT2D eigenvalue weighted by Gasteiger charge is -2.07. The van der Waals surface area contributed by atoms with Crippen LogP contribution >= 0.6 is 0 Å². The van der Waals surface area contributed by atoms with Gasteiger partial charge in [0.15, 0.2) is 5.90 Å². The highest BCUT2D eigenvalue weighted by molar-refractivity contribution is 5.89. The van der Waals surface area contributed by atoms with Gasteiger partial charge in [-0.25, -0.2) is 0 Å². The Balaban J connectivity index is 3.99. The largest absolute Gasteiger partial charge is 0.412 e. The van der Waals surface area contributed by atoms with Crippen molar-refractivity contribution < 1.29 is 4.74 Å². The zero-order valence-electron chi connectivity index (χ0n) is 6.51. The Morgan fingerprint density at radius 3 is 2.20 bits per heavy atom.